The second-order valence-corrected chi connectivity index (χ2v) is 5.21. The topological polar surface area (TPSA) is 73.3 Å². The summed E-state index contributed by atoms with van der Waals surface area (Å²) in [5, 5.41) is 0. The highest BCUT2D eigenvalue weighted by Crippen LogP contribution is 2.34. The van der Waals surface area contributed by atoms with Gasteiger partial charge in [0.1, 0.15) is 12.9 Å². The molecule has 122 valence electrons. The van der Waals surface area contributed by atoms with Crippen molar-refractivity contribution in [3.05, 3.63) is 44.2 Å². The van der Waals surface area contributed by atoms with Crippen LogP contribution in [0.2, 0.25) is 0 Å². The first-order valence-corrected chi connectivity index (χ1v) is 7.35. The van der Waals surface area contributed by atoms with Gasteiger partial charge in [0.25, 0.3) is 5.56 Å². The Hall–Kier alpha value is -1.73. The molecule has 0 radical (unpaired) electrons. The molecule has 0 spiro atoms. The highest BCUT2D eigenvalue weighted by molar-refractivity contribution is 5.24. The largest absolute Gasteiger partial charge is 0.356 e. The van der Waals surface area contributed by atoms with E-state index in [4.69, 9.17) is 9.47 Å². The minimum atomic E-state index is -1.40. The maximum absolute atomic E-state index is 14.7. The number of halogens is 1. The number of nitrogens with one attached hydrogen (secondary N) is 1. The Morgan fingerprint density at radius 3 is 2.73 bits per heavy atom. The van der Waals surface area contributed by atoms with Crippen molar-refractivity contribution < 1.29 is 13.9 Å². The Bertz CT molecular complexity index is 664. The third-order valence-corrected chi connectivity index (χ3v) is 3.78. The lowest BCUT2D eigenvalue weighted by molar-refractivity contribution is -0.0951. The molecule has 0 saturated carbocycles. The Kier molecular flexibility index (Phi) is 5.31. The summed E-state index contributed by atoms with van der Waals surface area (Å²) in [5.41, 5.74) is 0.0591. The molecule has 0 aliphatic heterocycles. The van der Waals surface area contributed by atoms with Crippen molar-refractivity contribution in [2.75, 3.05) is 13.4 Å². The molecule has 1 heterocycles. The fourth-order valence-electron chi connectivity index (χ4n) is 2.55. The Labute approximate surface area is 127 Å². The van der Waals surface area contributed by atoms with E-state index in [0.717, 1.165) is 5.57 Å². The highest BCUT2D eigenvalue weighted by Gasteiger charge is 2.39. The zero-order valence-corrected chi connectivity index (χ0v) is 13.0. The number of aromatic nitrogens is 2. The summed E-state index contributed by atoms with van der Waals surface area (Å²) in [6.45, 7) is 5.79. The molecule has 1 N–H and O–H groups in total. The van der Waals surface area contributed by atoms with Crippen LogP contribution < -0.4 is 11.2 Å². The van der Waals surface area contributed by atoms with Gasteiger partial charge in [0, 0.05) is 18.4 Å². The van der Waals surface area contributed by atoms with E-state index in [1.807, 2.05) is 13.8 Å². The van der Waals surface area contributed by atoms with Gasteiger partial charge >= 0.3 is 5.69 Å². The van der Waals surface area contributed by atoms with Gasteiger partial charge in [-0.05, 0) is 25.8 Å². The minimum Gasteiger partial charge on any atom is -0.356 e. The molecule has 3 atom stereocenters. The van der Waals surface area contributed by atoms with E-state index >= 15 is 0 Å². The molecule has 6 nitrogen and oxygen atoms in total. The van der Waals surface area contributed by atoms with Crippen molar-refractivity contribution in [3.63, 3.8) is 0 Å². The van der Waals surface area contributed by atoms with Crippen molar-refractivity contribution in [1.82, 2.24) is 9.55 Å². The number of hydrogen-bond acceptors (Lipinski definition) is 4. The lowest BCUT2D eigenvalue weighted by Crippen LogP contribution is -2.37. The van der Waals surface area contributed by atoms with Crippen molar-refractivity contribution in [3.8, 4) is 0 Å². The third-order valence-electron chi connectivity index (χ3n) is 3.78. The van der Waals surface area contributed by atoms with Gasteiger partial charge in [-0.1, -0.05) is 13.0 Å². The average Bonchev–Trinajstić information content (AvgIpc) is 2.80. The fraction of sp³-hybridized carbons (Fsp3) is 0.600. The smallest absolute Gasteiger partial charge is 0.328 e. The maximum atomic E-state index is 14.7. The lowest BCUT2D eigenvalue weighted by Gasteiger charge is -2.21. The summed E-state index contributed by atoms with van der Waals surface area (Å²) in [7, 11) is 0. The van der Waals surface area contributed by atoms with E-state index < -0.39 is 29.6 Å². The van der Waals surface area contributed by atoms with E-state index in [1.54, 1.807) is 13.0 Å². The summed E-state index contributed by atoms with van der Waals surface area (Å²) in [5.74, 6) is 0. The molecule has 1 aliphatic carbocycles. The van der Waals surface area contributed by atoms with Crippen molar-refractivity contribution in [1.29, 1.82) is 0 Å². The molecule has 1 aliphatic rings. The molecular formula is C15H21FN2O4. The first kappa shape index (κ1) is 16.6. The zero-order chi connectivity index (χ0) is 16.3. The van der Waals surface area contributed by atoms with Crippen molar-refractivity contribution in [2.45, 2.75) is 45.5 Å². The second-order valence-electron chi connectivity index (χ2n) is 5.21. The quantitative estimate of drug-likeness (QED) is 0.490. The number of aromatic amines is 1. The molecule has 1 aromatic heterocycles. The van der Waals surface area contributed by atoms with Gasteiger partial charge in [0.2, 0.25) is 0 Å². The van der Waals surface area contributed by atoms with Gasteiger partial charge in [-0.3, -0.25) is 14.3 Å². The van der Waals surface area contributed by atoms with Crippen LogP contribution in [0.1, 0.15) is 31.9 Å². The molecule has 0 aromatic carbocycles. The number of rotatable bonds is 6. The third kappa shape index (κ3) is 3.20. The van der Waals surface area contributed by atoms with Gasteiger partial charge in [-0.2, -0.15) is 0 Å². The van der Waals surface area contributed by atoms with Crippen LogP contribution in [0.5, 0.6) is 0 Å². The number of H-pyrrole nitrogens is 1. The SMILES string of the molecule is CCOCO[C@H]1C(CC)=C[C@@H](n2cc(C)c(=O)[nH]c2=O)C1F. The van der Waals surface area contributed by atoms with Gasteiger partial charge in [0.05, 0.1) is 6.04 Å². The van der Waals surface area contributed by atoms with Crippen LogP contribution in [0.15, 0.2) is 27.4 Å². The molecule has 7 heteroatoms. The number of aryl methyl sites for hydroxylation is 1. The zero-order valence-electron chi connectivity index (χ0n) is 13.0. The molecule has 0 saturated heterocycles. The van der Waals surface area contributed by atoms with E-state index in [0.29, 0.717) is 18.6 Å². The summed E-state index contributed by atoms with van der Waals surface area (Å²) >= 11 is 0. The van der Waals surface area contributed by atoms with Crippen molar-refractivity contribution in [2.24, 2.45) is 0 Å². The van der Waals surface area contributed by atoms with Gasteiger partial charge < -0.3 is 9.47 Å². The number of allylic oxidation sites excluding steroid dienone is 1. The Morgan fingerprint density at radius 2 is 2.09 bits per heavy atom. The van der Waals surface area contributed by atoms with Crippen molar-refractivity contribution >= 4 is 0 Å². The van der Waals surface area contributed by atoms with Gasteiger partial charge in [-0.25, -0.2) is 9.18 Å². The highest BCUT2D eigenvalue weighted by atomic mass is 19.1. The minimum absolute atomic E-state index is 0.00515. The van der Waals surface area contributed by atoms with Crippen LogP contribution >= 0.6 is 0 Å². The standard InChI is InChI=1S/C15H21FN2O4/c1-4-10-6-11(12(16)13(10)22-8-21-5-2)18-7-9(3)14(19)17-15(18)20/h6-7,11-13H,4-5,8H2,1-3H3,(H,17,19,20)/t11-,12?,13+/m1/s1. The van der Waals surface area contributed by atoms with Crippen LogP contribution in [-0.4, -0.2) is 35.2 Å². The predicted molar refractivity (Wildman–Crippen MR) is 79.7 cm³/mol. The van der Waals surface area contributed by atoms with Crippen LogP contribution in [0.4, 0.5) is 4.39 Å². The lowest BCUT2D eigenvalue weighted by atomic mass is 10.1. The number of ether oxygens (including phenoxy) is 2. The monoisotopic (exact) mass is 312 g/mol. The van der Waals surface area contributed by atoms with E-state index in [1.165, 1.54) is 10.8 Å². The molecule has 1 unspecified atom stereocenters. The molecule has 0 amide bonds. The first-order valence-electron chi connectivity index (χ1n) is 7.35. The van der Waals surface area contributed by atoms with E-state index in [9.17, 15) is 14.0 Å². The maximum Gasteiger partial charge on any atom is 0.328 e. The molecule has 2 rings (SSSR count). The van der Waals surface area contributed by atoms with Crippen LogP contribution in [0.3, 0.4) is 0 Å². The molecule has 22 heavy (non-hydrogen) atoms. The molecule has 0 bridgehead atoms. The Morgan fingerprint density at radius 1 is 1.36 bits per heavy atom. The normalized spacial score (nSPS) is 24.5. The molecule has 1 aromatic rings. The average molecular weight is 312 g/mol. The summed E-state index contributed by atoms with van der Waals surface area (Å²) in [4.78, 5) is 25.6. The molecule has 0 fully saturated rings. The fourth-order valence-corrected chi connectivity index (χ4v) is 2.55. The van der Waals surface area contributed by atoms with E-state index in [-0.39, 0.29) is 6.79 Å². The van der Waals surface area contributed by atoms with Gasteiger partial charge in [0.15, 0.2) is 6.17 Å². The van der Waals surface area contributed by atoms with Gasteiger partial charge in [-0.15, -0.1) is 0 Å². The second kappa shape index (κ2) is 7.02. The van der Waals surface area contributed by atoms with Crippen LogP contribution in [-0.2, 0) is 9.47 Å². The number of alkyl halides is 1. The Balaban J connectivity index is 2.29. The summed E-state index contributed by atoms with van der Waals surface area (Å²) < 4.78 is 26.5. The number of nitrogens with zero attached hydrogens (tertiary/aromatic N) is 1. The first-order chi connectivity index (χ1) is 10.5. The summed E-state index contributed by atoms with van der Waals surface area (Å²) in [6.07, 6.45) is 1.55. The van der Waals surface area contributed by atoms with Crippen LogP contribution in [0, 0.1) is 6.92 Å². The van der Waals surface area contributed by atoms with Crippen LogP contribution in [0.25, 0.3) is 0 Å². The predicted octanol–water partition coefficient (Wildman–Crippen LogP) is 1.45. The number of hydrogen-bond donors (Lipinski definition) is 1. The van der Waals surface area contributed by atoms with E-state index in [2.05, 4.69) is 4.98 Å². The molecular weight excluding hydrogens is 291 g/mol. The summed E-state index contributed by atoms with van der Waals surface area (Å²) in [6, 6.07) is -0.787.